The number of phenolic OH excluding ortho intramolecular Hbond substituents is 1. The van der Waals surface area contributed by atoms with Crippen molar-refractivity contribution in [1.82, 2.24) is 4.90 Å². The third-order valence-electron chi connectivity index (χ3n) is 5.86. The molecule has 0 unspecified atom stereocenters. The quantitative estimate of drug-likeness (QED) is 0.595. The maximum Gasteiger partial charge on any atom is 0.419 e. The van der Waals surface area contributed by atoms with Crippen LogP contribution >= 0.6 is 0 Å². The van der Waals surface area contributed by atoms with Crippen LogP contribution < -0.4 is 5.43 Å². The van der Waals surface area contributed by atoms with Crippen molar-refractivity contribution >= 4 is 11.0 Å². The van der Waals surface area contributed by atoms with E-state index in [1.807, 2.05) is 20.0 Å². The van der Waals surface area contributed by atoms with Gasteiger partial charge in [-0.25, -0.2) is 0 Å². The molecule has 2 aromatic carbocycles. The molecule has 1 fully saturated rings. The number of hydrogen-bond donors (Lipinski definition) is 2. The SMILES string of the molecule is Cc1cc(C2CCN(C)CC2)c2oc(-c3ccc(O)c(C(F)(F)F)c3)c(O)c(=O)c2c1. The molecular formula is C23H22F3NO4. The second-order valence-electron chi connectivity index (χ2n) is 8.15. The molecule has 0 bridgehead atoms. The van der Waals surface area contributed by atoms with Crippen molar-refractivity contribution in [2.75, 3.05) is 20.1 Å². The highest BCUT2D eigenvalue weighted by Crippen LogP contribution is 2.41. The van der Waals surface area contributed by atoms with E-state index in [0.717, 1.165) is 43.1 Å². The predicted octanol–water partition coefficient (Wildman–Crippen LogP) is 5.01. The number of aromatic hydroxyl groups is 2. The molecule has 1 aliphatic rings. The van der Waals surface area contributed by atoms with Gasteiger partial charge in [-0.3, -0.25) is 4.79 Å². The van der Waals surface area contributed by atoms with Gasteiger partial charge in [-0.05, 0) is 81.2 Å². The number of aryl methyl sites for hydroxylation is 1. The molecule has 2 heterocycles. The maximum atomic E-state index is 13.2. The van der Waals surface area contributed by atoms with Gasteiger partial charge in [-0.2, -0.15) is 13.2 Å². The smallest absolute Gasteiger partial charge is 0.419 e. The van der Waals surface area contributed by atoms with Crippen LogP contribution in [0.25, 0.3) is 22.3 Å². The van der Waals surface area contributed by atoms with Gasteiger partial charge in [0.15, 0.2) is 5.76 Å². The van der Waals surface area contributed by atoms with Gasteiger partial charge >= 0.3 is 6.18 Å². The van der Waals surface area contributed by atoms with E-state index in [2.05, 4.69) is 4.90 Å². The number of hydrogen-bond acceptors (Lipinski definition) is 5. The zero-order chi connectivity index (χ0) is 22.5. The van der Waals surface area contributed by atoms with Crippen molar-refractivity contribution in [3.63, 3.8) is 0 Å². The van der Waals surface area contributed by atoms with Crippen LogP contribution in [0.3, 0.4) is 0 Å². The Morgan fingerprint density at radius 2 is 1.77 bits per heavy atom. The molecule has 0 amide bonds. The Hall–Kier alpha value is -3.00. The van der Waals surface area contributed by atoms with E-state index in [9.17, 15) is 28.2 Å². The fourth-order valence-electron chi connectivity index (χ4n) is 4.19. The van der Waals surface area contributed by atoms with Gasteiger partial charge in [0.2, 0.25) is 11.2 Å². The fourth-order valence-corrected chi connectivity index (χ4v) is 4.19. The minimum Gasteiger partial charge on any atom is -0.507 e. The average molecular weight is 433 g/mol. The number of rotatable bonds is 2. The molecule has 0 aliphatic carbocycles. The first-order valence-electron chi connectivity index (χ1n) is 9.95. The van der Waals surface area contributed by atoms with E-state index < -0.39 is 28.7 Å². The molecule has 0 spiro atoms. The van der Waals surface area contributed by atoms with Crippen LogP contribution in [0.15, 0.2) is 39.5 Å². The number of phenols is 1. The summed E-state index contributed by atoms with van der Waals surface area (Å²) in [4.78, 5) is 15.1. The van der Waals surface area contributed by atoms with E-state index in [4.69, 9.17) is 4.42 Å². The molecule has 0 atom stereocenters. The van der Waals surface area contributed by atoms with Crippen molar-refractivity contribution < 1.29 is 27.8 Å². The van der Waals surface area contributed by atoms with E-state index in [0.29, 0.717) is 6.07 Å². The van der Waals surface area contributed by atoms with Crippen molar-refractivity contribution in [2.24, 2.45) is 0 Å². The van der Waals surface area contributed by atoms with Gasteiger partial charge in [0.1, 0.15) is 11.3 Å². The normalized spacial score (nSPS) is 16.2. The van der Waals surface area contributed by atoms with Crippen molar-refractivity contribution in [2.45, 2.75) is 31.9 Å². The number of likely N-dealkylation sites (tertiary alicyclic amines) is 1. The Labute approximate surface area is 176 Å². The zero-order valence-corrected chi connectivity index (χ0v) is 17.1. The van der Waals surface area contributed by atoms with Crippen molar-refractivity contribution in [3.8, 4) is 22.8 Å². The predicted molar refractivity (Wildman–Crippen MR) is 110 cm³/mol. The summed E-state index contributed by atoms with van der Waals surface area (Å²) in [5, 5.41) is 20.3. The lowest BCUT2D eigenvalue weighted by Gasteiger charge is -2.29. The van der Waals surface area contributed by atoms with E-state index in [-0.39, 0.29) is 28.2 Å². The highest BCUT2D eigenvalue weighted by atomic mass is 19.4. The Kier molecular flexibility index (Phi) is 5.21. The Bertz CT molecular complexity index is 1210. The fraction of sp³-hybridized carbons (Fsp3) is 0.348. The van der Waals surface area contributed by atoms with Gasteiger partial charge in [0.05, 0.1) is 10.9 Å². The molecule has 8 heteroatoms. The first-order chi connectivity index (χ1) is 14.6. The molecule has 0 radical (unpaired) electrons. The minimum absolute atomic E-state index is 0.129. The summed E-state index contributed by atoms with van der Waals surface area (Å²) in [5.41, 5.74) is -0.181. The van der Waals surface area contributed by atoms with Crippen LogP contribution in [-0.4, -0.2) is 35.3 Å². The first kappa shape index (κ1) is 21.2. The minimum atomic E-state index is -4.80. The summed E-state index contributed by atoms with van der Waals surface area (Å²) in [5.74, 6) is -1.92. The monoisotopic (exact) mass is 433 g/mol. The van der Waals surface area contributed by atoms with Crippen molar-refractivity contribution in [1.29, 1.82) is 0 Å². The van der Waals surface area contributed by atoms with Crippen LogP contribution in [-0.2, 0) is 6.18 Å². The molecule has 1 aliphatic heterocycles. The lowest BCUT2D eigenvalue weighted by atomic mass is 9.87. The summed E-state index contributed by atoms with van der Waals surface area (Å²) >= 11 is 0. The summed E-state index contributed by atoms with van der Waals surface area (Å²) in [6, 6.07) is 6.26. The molecule has 5 nitrogen and oxygen atoms in total. The number of benzene rings is 2. The van der Waals surface area contributed by atoms with Gasteiger partial charge in [0, 0.05) is 5.56 Å². The molecule has 31 heavy (non-hydrogen) atoms. The molecule has 164 valence electrons. The van der Waals surface area contributed by atoms with Crippen LogP contribution in [0, 0.1) is 6.92 Å². The highest BCUT2D eigenvalue weighted by molar-refractivity contribution is 5.85. The number of fused-ring (bicyclic) bond motifs is 1. The topological polar surface area (TPSA) is 73.9 Å². The van der Waals surface area contributed by atoms with E-state index in [1.165, 1.54) is 6.07 Å². The van der Waals surface area contributed by atoms with Gasteiger partial charge < -0.3 is 19.5 Å². The van der Waals surface area contributed by atoms with Crippen LogP contribution in [0.5, 0.6) is 11.5 Å². The van der Waals surface area contributed by atoms with Crippen LogP contribution in [0.1, 0.15) is 35.4 Å². The second kappa shape index (κ2) is 7.60. The number of alkyl halides is 3. The molecule has 0 saturated carbocycles. The molecule has 1 saturated heterocycles. The number of halogens is 3. The molecular weight excluding hydrogens is 411 g/mol. The van der Waals surface area contributed by atoms with E-state index in [1.54, 1.807) is 6.07 Å². The largest absolute Gasteiger partial charge is 0.507 e. The van der Waals surface area contributed by atoms with Gasteiger partial charge in [-0.1, -0.05) is 6.07 Å². The highest BCUT2D eigenvalue weighted by Gasteiger charge is 2.35. The molecule has 4 rings (SSSR count). The third-order valence-corrected chi connectivity index (χ3v) is 5.86. The summed E-state index contributed by atoms with van der Waals surface area (Å²) in [6.45, 7) is 3.60. The Balaban J connectivity index is 1.94. The van der Waals surface area contributed by atoms with Crippen LogP contribution in [0.2, 0.25) is 0 Å². The Morgan fingerprint density at radius 1 is 1.10 bits per heavy atom. The summed E-state index contributed by atoms with van der Waals surface area (Å²) in [6.07, 6.45) is -3.10. The lowest BCUT2D eigenvalue weighted by Crippen LogP contribution is -2.29. The average Bonchev–Trinajstić information content (AvgIpc) is 2.71. The van der Waals surface area contributed by atoms with Gasteiger partial charge in [0.25, 0.3) is 0 Å². The standard InChI is InChI=1S/C23H22F3NO4/c1-12-9-15(13-5-7-27(2)8-6-13)22-16(10-12)19(29)20(30)21(31-22)14-3-4-18(28)17(11-14)23(24,25)26/h3-4,9-11,13,28,30H,5-8H2,1-2H3. The number of nitrogens with zero attached hydrogens (tertiary/aromatic N) is 1. The molecule has 1 aromatic heterocycles. The van der Waals surface area contributed by atoms with E-state index >= 15 is 0 Å². The summed E-state index contributed by atoms with van der Waals surface area (Å²) in [7, 11) is 2.03. The maximum absolute atomic E-state index is 13.2. The third kappa shape index (κ3) is 3.87. The summed E-state index contributed by atoms with van der Waals surface area (Å²) < 4.78 is 45.6. The Morgan fingerprint density at radius 3 is 2.42 bits per heavy atom. The zero-order valence-electron chi connectivity index (χ0n) is 17.1. The number of piperidine rings is 1. The van der Waals surface area contributed by atoms with Gasteiger partial charge in [-0.15, -0.1) is 0 Å². The molecule has 2 N–H and O–H groups in total. The molecule has 3 aromatic rings. The van der Waals surface area contributed by atoms with Crippen molar-refractivity contribution in [3.05, 3.63) is 57.2 Å². The lowest BCUT2D eigenvalue weighted by molar-refractivity contribution is -0.138. The second-order valence-corrected chi connectivity index (χ2v) is 8.15. The first-order valence-corrected chi connectivity index (χ1v) is 9.95. The van der Waals surface area contributed by atoms with Crippen LogP contribution in [0.4, 0.5) is 13.2 Å².